The van der Waals surface area contributed by atoms with Crippen LogP contribution in [0.25, 0.3) is 0 Å². The van der Waals surface area contributed by atoms with Crippen LogP contribution in [0, 0.1) is 0 Å². The summed E-state index contributed by atoms with van der Waals surface area (Å²) in [6, 6.07) is 8.50. The van der Waals surface area contributed by atoms with Gasteiger partial charge in [-0.15, -0.1) is 0 Å². The molecule has 1 aromatic rings. The Labute approximate surface area is 141 Å². The van der Waals surface area contributed by atoms with Crippen LogP contribution < -0.4 is 4.74 Å². The van der Waals surface area contributed by atoms with Crippen LogP contribution in [0.2, 0.25) is 0 Å². The second-order valence-electron chi connectivity index (χ2n) is 4.96. The fourth-order valence-corrected chi connectivity index (χ4v) is 5.46. The summed E-state index contributed by atoms with van der Waals surface area (Å²) in [5, 5.41) is 0. The molecule has 0 N–H and O–H groups in total. The zero-order chi connectivity index (χ0) is 14.8. The van der Waals surface area contributed by atoms with E-state index < -0.39 is 0 Å². The third-order valence-corrected chi connectivity index (χ3v) is 6.84. The van der Waals surface area contributed by atoms with E-state index in [1.807, 2.05) is 0 Å². The third kappa shape index (κ3) is 7.22. The number of nitrogens with zero attached hydrogens (tertiary/aromatic N) is 1. The van der Waals surface area contributed by atoms with E-state index >= 15 is 0 Å². The Balaban J connectivity index is 1.84. The Kier molecular flexibility index (Phi) is 8.86. The van der Waals surface area contributed by atoms with E-state index in [-0.39, 0.29) is 0 Å². The molecule has 0 radical (unpaired) electrons. The van der Waals surface area contributed by atoms with Crippen LogP contribution in [0.1, 0.15) is 5.56 Å². The molecule has 21 heavy (non-hydrogen) atoms. The van der Waals surface area contributed by atoms with E-state index in [4.69, 9.17) is 4.74 Å². The molecule has 0 atom stereocenters. The van der Waals surface area contributed by atoms with E-state index in [0.717, 1.165) is 12.3 Å². The molecule has 0 bridgehead atoms. The first-order valence-corrected chi connectivity index (χ1v) is 10.9. The van der Waals surface area contributed by atoms with Crippen molar-refractivity contribution >= 4 is 35.3 Å². The van der Waals surface area contributed by atoms with Gasteiger partial charge in [0.05, 0.1) is 7.11 Å². The first-order valence-electron chi connectivity index (χ1n) is 7.47. The van der Waals surface area contributed by atoms with Crippen molar-refractivity contribution in [3.63, 3.8) is 0 Å². The van der Waals surface area contributed by atoms with Crippen molar-refractivity contribution in [1.29, 1.82) is 0 Å². The Morgan fingerprint density at radius 3 is 1.90 bits per heavy atom. The van der Waals surface area contributed by atoms with Crippen LogP contribution in [0.15, 0.2) is 24.3 Å². The van der Waals surface area contributed by atoms with E-state index in [9.17, 15) is 0 Å². The SMILES string of the molecule is COc1ccc(CN2CCSCCSCCSCC2)cc1. The molecule has 1 aliphatic rings. The summed E-state index contributed by atoms with van der Waals surface area (Å²) in [5.74, 6) is 8.66. The zero-order valence-electron chi connectivity index (χ0n) is 12.8. The summed E-state index contributed by atoms with van der Waals surface area (Å²) < 4.78 is 5.23. The van der Waals surface area contributed by atoms with Crippen molar-refractivity contribution < 1.29 is 4.74 Å². The van der Waals surface area contributed by atoms with Crippen LogP contribution in [-0.4, -0.2) is 59.6 Å². The number of ether oxygens (including phenoxy) is 1. The number of methoxy groups -OCH3 is 1. The molecule has 1 aliphatic heterocycles. The first-order chi connectivity index (χ1) is 10.4. The average Bonchev–Trinajstić information content (AvgIpc) is 2.51. The van der Waals surface area contributed by atoms with Gasteiger partial charge in [-0.1, -0.05) is 12.1 Å². The molecule has 0 aliphatic carbocycles. The topological polar surface area (TPSA) is 12.5 Å². The van der Waals surface area contributed by atoms with Crippen molar-refractivity contribution in [3.8, 4) is 5.75 Å². The second kappa shape index (κ2) is 10.7. The first kappa shape index (κ1) is 17.4. The maximum atomic E-state index is 5.23. The Morgan fingerprint density at radius 1 is 0.857 bits per heavy atom. The van der Waals surface area contributed by atoms with Crippen LogP contribution in [0.5, 0.6) is 5.75 Å². The highest BCUT2D eigenvalue weighted by molar-refractivity contribution is 8.04. The van der Waals surface area contributed by atoms with E-state index in [0.29, 0.717) is 0 Å². The molecule has 0 spiro atoms. The highest BCUT2D eigenvalue weighted by Gasteiger charge is 2.07. The molecule has 118 valence electrons. The summed E-state index contributed by atoms with van der Waals surface area (Å²) in [5.41, 5.74) is 1.38. The maximum absolute atomic E-state index is 5.23. The molecule has 1 heterocycles. The third-order valence-electron chi connectivity index (χ3n) is 3.41. The lowest BCUT2D eigenvalue weighted by Crippen LogP contribution is -2.28. The van der Waals surface area contributed by atoms with Crippen molar-refractivity contribution in [3.05, 3.63) is 29.8 Å². The van der Waals surface area contributed by atoms with Gasteiger partial charge in [0.2, 0.25) is 0 Å². The Morgan fingerprint density at radius 2 is 1.38 bits per heavy atom. The fraction of sp³-hybridized carbons (Fsp3) is 0.625. The quantitative estimate of drug-likeness (QED) is 0.827. The molecule has 1 saturated heterocycles. The van der Waals surface area contributed by atoms with Crippen molar-refractivity contribution in [1.82, 2.24) is 4.90 Å². The molecule has 1 aromatic carbocycles. The minimum atomic E-state index is 0.941. The standard InChI is InChI=1S/C16H25NOS3/c1-18-16-4-2-15(3-5-16)14-17-6-8-19-10-12-21-13-11-20-9-7-17/h2-5H,6-14H2,1H3. The fourth-order valence-electron chi connectivity index (χ4n) is 2.19. The summed E-state index contributed by atoms with van der Waals surface area (Å²) in [7, 11) is 1.72. The predicted octanol–water partition coefficient (Wildman–Crippen LogP) is 3.71. The van der Waals surface area contributed by atoms with E-state index in [1.165, 1.54) is 53.2 Å². The van der Waals surface area contributed by atoms with E-state index in [2.05, 4.69) is 64.5 Å². The summed E-state index contributed by atoms with van der Waals surface area (Å²) in [6.07, 6.45) is 0. The molecule has 1 fully saturated rings. The van der Waals surface area contributed by atoms with Crippen molar-refractivity contribution in [2.45, 2.75) is 6.54 Å². The van der Waals surface area contributed by atoms with Gasteiger partial charge in [0, 0.05) is 54.2 Å². The van der Waals surface area contributed by atoms with E-state index in [1.54, 1.807) is 7.11 Å². The number of hydrogen-bond acceptors (Lipinski definition) is 5. The molecule has 2 nitrogen and oxygen atoms in total. The highest BCUT2D eigenvalue weighted by atomic mass is 32.2. The summed E-state index contributed by atoms with van der Waals surface area (Å²) >= 11 is 6.31. The average molecular weight is 344 g/mol. The second-order valence-corrected chi connectivity index (χ2v) is 8.64. The van der Waals surface area contributed by atoms with Gasteiger partial charge in [-0.3, -0.25) is 4.90 Å². The summed E-state index contributed by atoms with van der Waals surface area (Å²) in [4.78, 5) is 2.59. The minimum Gasteiger partial charge on any atom is -0.497 e. The molecular weight excluding hydrogens is 318 g/mol. The number of rotatable bonds is 3. The van der Waals surface area contributed by atoms with Gasteiger partial charge < -0.3 is 4.74 Å². The normalized spacial score (nSPS) is 19.5. The molecular formula is C16H25NOS3. The largest absolute Gasteiger partial charge is 0.497 e. The highest BCUT2D eigenvalue weighted by Crippen LogP contribution is 2.16. The van der Waals surface area contributed by atoms with Crippen molar-refractivity contribution in [2.24, 2.45) is 0 Å². The minimum absolute atomic E-state index is 0.941. The lowest BCUT2D eigenvalue weighted by atomic mass is 10.2. The van der Waals surface area contributed by atoms with Gasteiger partial charge in [0.1, 0.15) is 5.75 Å². The molecule has 0 aromatic heterocycles. The van der Waals surface area contributed by atoms with Crippen LogP contribution in [0.3, 0.4) is 0 Å². The molecule has 0 unspecified atom stereocenters. The van der Waals surface area contributed by atoms with Crippen LogP contribution in [0.4, 0.5) is 0 Å². The Bertz CT molecular complexity index is 374. The molecule has 0 saturated carbocycles. The van der Waals surface area contributed by atoms with Gasteiger partial charge in [0.25, 0.3) is 0 Å². The predicted molar refractivity (Wildman–Crippen MR) is 100 cm³/mol. The lowest BCUT2D eigenvalue weighted by molar-refractivity contribution is 0.301. The van der Waals surface area contributed by atoms with Gasteiger partial charge in [-0.05, 0) is 17.7 Å². The molecule has 0 amide bonds. The number of hydrogen-bond donors (Lipinski definition) is 0. The van der Waals surface area contributed by atoms with Crippen LogP contribution >= 0.6 is 35.3 Å². The zero-order valence-corrected chi connectivity index (χ0v) is 15.2. The lowest BCUT2D eigenvalue weighted by Gasteiger charge is -2.22. The maximum Gasteiger partial charge on any atom is 0.118 e. The number of thioether (sulfide) groups is 3. The van der Waals surface area contributed by atoms with Gasteiger partial charge in [-0.2, -0.15) is 35.3 Å². The van der Waals surface area contributed by atoms with Gasteiger partial charge in [-0.25, -0.2) is 0 Å². The van der Waals surface area contributed by atoms with Crippen molar-refractivity contribution in [2.75, 3.05) is 54.7 Å². The Hall–Kier alpha value is 0.0300. The molecule has 5 heteroatoms. The monoisotopic (exact) mass is 343 g/mol. The van der Waals surface area contributed by atoms with Crippen LogP contribution in [-0.2, 0) is 6.54 Å². The van der Waals surface area contributed by atoms with Gasteiger partial charge >= 0.3 is 0 Å². The van der Waals surface area contributed by atoms with Gasteiger partial charge in [0.15, 0.2) is 0 Å². The summed E-state index contributed by atoms with van der Waals surface area (Å²) in [6.45, 7) is 3.45. The number of benzene rings is 1. The molecule has 2 rings (SSSR count). The smallest absolute Gasteiger partial charge is 0.118 e.